The number of sulfone groups is 1. The number of anilines is 1. The molecule has 120 valence electrons. The lowest BCUT2D eigenvalue weighted by atomic mass is 10.1. The zero-order chi connectivity index (χ0) is 16.4. The lowest BCUT2D eigenvalue weighted by Crippen LogP contribution is -2.18. The average Bonchev–Trinajstić information content (AvgIpc) is 2.49. The normalized spacial score (nSPS) is 15.7. The first-order chi connectivity index (χ1) is 10.9. The SMILES string of the molecule is Cc1ccc(CC(=O)Nc2ccc3c(c2)CCCS3(=O)=O)cc1. The number of rotatable bonds is 3. The number of aryl methyl sites for hydroxylation is 2. The third kappa shape index (κ3) is 3.62. The van der Waals surface area contributed by atoms with E-state index in [-0.39, 0.29) is 11.7 Å². The van der Waals surface area contributed by atoms with Crippen molar-refractivity contribution in [1.82, 2.24) is 0 Å². The molecule has 0 radical (unpaired) electrons. The van der Waals surface area contributed by atoms with E-state index in [2.05, 4.69) is 5.32 Å². The van der Waals surface area contributed by atoms with Crippen molar-refractivity contribution < 1.29 is 13.2 Å². The molecule has 3 rings (SSSR count). The molecule has 23 heavy (non-hydrogen) atoms. The number of amides is 1. The van der Waals surface area contributed by atoms with Crippen LogP contribution in [0.4, 0.5) is 5.69 Å². The molecule has 1 aliphatic rings. The summed E-state index contributed by atoms with van der Waals surface area (Å²) in [5, 5.41) is 2.85. The van der Waals surface area contributed by atoms with Gasteiger partial charge in [0.2, 0.25) is 5.91 Å². The first kappa shape index (κ1) is 15.7. The van der Waals surface area contributed by atoms with E-state index in [0.717, 1.165) is 23.1 Å². The zero-order valence-electron chi connectivity index (χ0n) is 13.0. The summed E-state index contributed by atoms with van der Waals surface area (Å²) in [6.07, 6.45) is 1.67. The van der Waals surface area contributed by atoms with Crippen LogP contribution in [-0.4, -0.2) is 20.1 Å². The smallest absolute Gasteiger partial charge is 0.228 e. The minimum Gasteiger partial charge on any atom is -0.326 e. The van der Waals surface area contributed by atoms with Crippen LogP contribution >= 0.6 is 0 Å². The van der Waals surface area contributed by atoms with Crippen molar-refractivity contribution in [3.8, 4) is 0 Å². The van der Waals surface area contributed by atoms with Crippen LogP contribution in [-0.2, 0) is 27.5 Å². The fourth-order valence-electron chi connectivity index (χ4n) is 2.82. The Morgan fingerprint density at radius 3 is 2.61 bits per heavy atom. The maximum absolute atomic E-state index is 12.1. The average molecular weight is 329 g/mol. The molecule has 1 aliphatic heterocycles. The summed E-state index contributed by atoms with van der Waals surface area (Å²) in [6.45, 7) is 2.00. The number of nitrogens with one attached hydrogen (secondary N) is 1. The minimum absolute atomic E-state index is 0.104. The summed E-state index contributed by atoms with van der Waals surface area (Å²) in [4.78, 5) is 12.5. The van der Waals surface area contributed by atoms with Crippen molar-refractivity contribution in [2.24, 2.45) is 0 Å². The lowest BCUT2D eigenvalue weighted by Gasteiger charge is -2.17. The Morgan fingerprint density at radius 2 is 1.87 bits per heavy atom. The highest BCUT2D eigenvalue weighted by Crippen LogP contribution is 2.27. The Kier molecular flexibility index (Phi) is 4.22. The van der Waals surface area contributed by atoms with E-state index in [0.29, 0.717) is 23.4 Å². The van der Waals surface area contributed by atoms with Gasteiger partial charge in [-0.3, -0.25) is 4.79 Å². The van der Waals surface area contributed by atoms with Gasteiger partial charge in [-0.25, -0.2) is 8.42 Å². The standard InChI is InChI=1S/C18H19NO3S/c1-13-4-6-14(7-5-13)11-18(20)19-16-8-9-17-15(12-16)3-2-10-23(17,21)22/h4-9,12H,2-3,10-11H2,1H3,(H,19,20). The number of benzene rings is 2. The van der Waals surface area contributed by atoms with Gasteiger partial charge < -0.3 is 5.32 Å². The molecule has 0 saturated carbocycles. The number of fused-ring (bicyclic) bond motifs is 1. The molecule has 5 heteroatoms. The van der Waals surface area contributed by atoms with Crippen molar-refractivity contribution >= 4 is 21.4 Å². The maximum Gasteiger partial charge on any atom is 0.228 e. The first-order valence-electron chi connectivity index (χ1n) is 7.65. The first-order valence-corrected chi connectivity index (χ1v) is 9.30. The van der Waals surface area contributed by atoms with E-state index in [4.69, 9.17) is 0 Å². The van der Waals surface area contributed by atoms with Crippen LogP contribution in [0.1, 0.15) is 23.1 Å². The highest BCUT2D eigenvalue weighted by molar-refractivity contribution is 7.91. The molecule has 2 aromatic rings. The van der Waals surface area contributed by atoms with Gasteiger partial charge in [0.05, 0.1) is 17.1 Å². The van der Waals surface area contributed by atoms with Gasteiger partial charge >= 0.3 is 0 Å². The van der Waals surface area contributed by atoms with E-state index < -0.39 is 9.84 Å². The van der Waals surface area contributed by atoms with E-state index in [1.165, 1.54) is 0 Å². The summed E-state index contributed by atoms with van der Waals surface area (Å²) < 4.78 is 24.0. The lowest BCUT2D eigenvalue weighted by molar-refractivity contribution is -0.115. The highest BCUT2D eigenvalue weighted by atomic mass is 32.2. The molecule has 0 aliphatic carbocycles. The number of carbonyl (C=O) groups is 1. The van der Waals surface area contributed by atoms with Crippen LogP contribution in [0.3, 0.4) is 0 Å². The number of carbonyl (C=O) groups excluding carboxylic acids is 1. The molecule has 1 N–H and O–H groups in total. The maximum atomic E-state index is 12.1. The second kappa shape index (κ2) is 6.16. The Labute approximate surface area is 136 Å². The molecule has 0 fully saturated rings. The topological polar surface area (TPSA) is 63.2 Å². The molecule has 0 atom stereocenters. The van der Waals surface area contributed by atoms with E-state index in [1.54, 1.807) is 18.2 Å². The largest absolute Gasteiger partial charge is 0.326 e. The summed E-state index contributed by atoms with van der Waals surface area (Å²) in [5.74, 6) is 0.103. The molecule has 0 spiro atoms. The zero-order valence-corrected chi connectivity index (χ0v) is 13.8. The van der Waals surface area contributed by atoms with Crippen molar-refractivity contribution in [3.05, 3.63) is 59.2 Å². The molecule has 0 unspecified atom stereocenters. The second-order valence-corrected chi connectivity index (χ2v) is 8.03. The van der Waals surface area contributed by atoms with Gasteiger partial charge in [0.1, 0.15) is 0 Å². The van der Waals surface area contributed by atoms with E-state index in [9.17, 15) is 13.2 Å². The van der Waals surface area contributed by atoms with Crippen LogP contribution < -0.4 is 5.32 Å². The molecule has 0 aromatic heterocycles. The number of hydrogen-bond acceptors (Lipinski definition) is 3. The van der Waals surface area contributed by atoms with E-state index in [1.807, 2.05) is 31.2 Å². The number of hydrogen-bond donors (Lipinski definition) is 1. The summed E-state index contributed by atoms with van der Waals surface area (Å²) >= 11 is 0. The molecule has 1 amide bonds. The van der Waals surface area contributed by atoms with Crippen molar-refractivity contribution in [2.75, 3.05) is 11.1 Å². The third-order valence-electron chi connectivity index (χ3n) is 4.02. The van der Waals surface area contributed by atoms with Gasteiger partial charge in [0.15, 0.2) is 9.84 Å². The third-order valence-corrected chi connectivity index (χ3v) is 5.92. The minimum atomic E-state index is -3.15. The fourth-order valence-corrected chi connectivity index (χ4v) is 4.40. The molecule has 2 aromatic carbocycles. The van der Waals surface area contributed by atoms with Gasteiger partial charge in [-0.1, -0.05) is 29.8 Å². The van der Waals surface area contributed by atoms with E-state index >= 15 is 0 Å². The quantitative estimate of drug-likeness (QED) is 0.942. The van der Waals surface area contributed by atoms with Crippen LogP contribution in [0.15, 0.2) is 47.4 Å². The molecule has 4 nitrogen and oxygen atoms in total. The van der Waals surface area contributed by atoms with Crippen LogP contribution in [0.5, 0.6) is 0 Å². The molecular formula is C18H19NO3S. The summed E-state index contributed by atoms with van der Waals surface area (Å²) in [7, 11) is -3.15. The molecular weight excluding hydrogens is 310 g/mol. The predicted molar refractivity (Wildman–Crippen MR) is 90.3 cm³/mol. The highest BCUT2D eigenvalue weighted by Gasteiger charge is 2.23. The Bertz CT molecular complexity index is 839. The van der Waals surface area contributed by atoms with Crippen molar-refractivity contribution in [1.29, 1.82) is 0 Å². The fraction of sp³-hybridized carbons (Fsp3) is 0.278. The Balaban J connectivity index is 1.73. The summed E-state index contributed by atoms with van der Waals surface area (Å²) in [6, 6.07) is 12.9. The van der Waals surface area contributed by atoms with Gasteiger partial charge in [-0.15, -0.1) is 0 Å². The molecule has 0 bridgehead atoms. The molecule has 1 heterocycles. The van der Waals surface area contributed by atoms with Gasteiger partial charge in [0.25, 0.3) is 0 Å². The van der Waals surface area contributed by atoms with Crippen LogP contribution in [0.2, 0.25) is 0 Å². The Morgan fingerprint density at radius 1 is 1.13 bits per heavy atom. The van der Waals surface area contributed by atoms with Gasteiger partial charge in [-0.2, -0.15) is 0 Å². The molecule has 0 saturated heterocycles. The summed E-state index contributed by atoms with van der Waals surface area (Å²) in [5.41, 5.74) is 3.56. The monoisotopic (exact) mass is 329 g/mol. The second-order valence-electron chi connectivity index (χ2n) is 5.96. The van der Waals surface area contributed by atoms with Crippen molar-refractivity contribution in [2.45, 2.75) is 31.1 Å². The van der Waals surface area contributed by atoms with Crippen LogP contribution in [0.25, 0.3) is 0 Å². The Hall–Kier alpha value is -2.14. The van der Waals surface area contributed by atoms with Gasteiger partial charge in [-0.05, 0) is 49.1 Å². The van der Waals surface area contributed by atoms with Crippen molar-refractivity contribution in [3.63, 3.8) is 0 Å². The van der Waals surface area contributed by atoms with Gasteiger partial charge in [0, 0.05) is 5.69 Å². The predicted octanol–water partition coefficient (Wildman–Crippen LogP) is 2.90. The van der Waals surface area contributed by atoms with Crippen LogP contribution in [0, 0.1) is 6.92 Å².